The molecule has 0 spiro atoms. The van der Waals surface area contributed by atoms with Crippen LogP contribution in [0.5, 0.6) is 0 Å². The smallest absolute Gasteiger partial charge is 0.326 e. The number of carboxylic acids is 1. The van der Waals surface area contributed by atoms with Crippen molar-refractivity contribution in [2.24, 2.45) is 5.92 Å². The Labute approximate surface area is 113 Å². The highest BCUT2D eigenvalue weighted by Crippen LogP contribution is 2.19. The van der Waals surface area contributed by atoms with Gasteiger partial charge >= 0.3 is 5.97 Å². The first-order valence-electron chi connectivity index (χ1n) is 6.19. The van der Waals surface area contributed by atoms with E-state index in [4.69, 9.17) is 5.11 Å². The molecule has 0 aliphatic heterocycles. The monoisotopic (exact) mass is 273 g/mol. The molecule has 0 aromatic rings. The van der Waals surface area contributed by atoms with Gasteiger partial charge in [-0.3, -0.25) is 4.79 Å². The Hall–Kier alpha value is -0.970. The summed E-state index contributed by atoms with van der Waals surface area (Å²) in [6.45, 7) is 9.47. The molecule has 0 heterocycles. The standard InChI is InChI=1S/C13H23NO3S/c1-5-7-8-10(13(16)17)14-12(15)11(9(3)4)18-6-2/h5,9-11H,1,6-8H2,2-4H3,(H,14,15)(H,16,17). The van der Waals surface area contributed by atoms with E-state index in [9.17, 15) is 9.59 Å². The van der Waals surface area contributed by atoms with Gasteiger partial charge in [0, 0.05) is 0 Å². The van der Waals surface area contributed by atoms with Gasteiger partial charge in [-0.25, -0.2) is 4.79 Å². The van der Waals surface area contributed by atoms with Crippen molar-refractivity contribution in [2.75, 3.05) is 5.75 Å². The average molecular weight is 273 g/mol. The lowest BCUT2D eigenvalue weighted by atomic mass is 10.1. The zero-order valence-electron chi connectivity index (χ0n) is 11.3. The number of carbonyl (C=O) groups is 2. The molecule has 5 heteroatoms. The number of amides is 1. The van der Waals surface area contributed by atoms with Crippen molar-refractivity contribution in [1.82, 2.24) is 5.32 Å². The van der Waals surface area contributed by atoms with Gasteiger partial charge in [-0.1, -0.05) is 26.8 Å². The zero-order chi connectivity index (χ0) is 14.1. The van der Waals surface area contributed by atoms with E-state index in [0.29, 0.717) is 12.8 Å². The summed E-state index contributed by atoms with van der Waals surface area (Å²) in [5.74, 6) is -0.160. The van der Waals surface area contributed by atoms with E-state index in [1.165, 1.54) is 0 Å². The summed E-state index contributed by atoms with van der Waals surface area (Å²) in [5, 5.41) is 11.5. The van der Waals surface area contributed by atoms with E-state index >= 15 is 0 Å². The van der Waals surface area contributed by atoms with Gasteiger partial charge in [0.2, 0.25) is 5.91 Å². The van der Waals surface area contributed by atoms with Crippen LogP contribution in [-0.2, 0) is 9.59 Å². The summed E-state index contributed by atoms with van der Waals surface area (Å²) in [6.07, 6.45) is 2.61. The second kappa shape index (κ2) is 9.03. The number of carboxylic acid groups (broad SMARTS) is 1. The fourth-order valence-corrected chi connectivity index (χ4v) is 2.51. The molecule has 2 N–H and O–H groups in total. The molecule has 0 aliphatic carbocycles. The molecule has 0 bridgehead atoms. The summed E-state index contributed by atoms with van der Waals surface area (Å²) < 4.78 is 0. The number of allylic oxidation sites excluding steroid dienone is 1. The highest BCUT2D eigenvalue weighted by Gasteiger charge is 2.26. The quantitative estimate of drug-likeness (QED) is 0.633. The van der Waals surface area contributed by atoms with E-state index in [-0.39, 0.29) is 17.1 Å². The van der Waals surface area contributed by atoms with Crippen LogP contribution < -0.4 is 5.32 Å². The van der Waals surface area contributed by atoms with Gasteiger partial charge in [0.1, 0.15) is 6.04 Å². The predicted octanol–water partition coefficient (Wildman–Crippen LogP) is 2.30. The lowest BCUT2D eigenvalue weighted by Crippen LogP contribution is -2.46. The summed E-state index contributed by atoms with van der Waals surface area (Å²) in [6, 6.07) is -0.825. The number of aliphatic carboxylic acids is 1. The zero-order valence-corrected chi connectivity index (χ0v) is 12.1. The van der Waals surface area contributed by atoms with Crippen LogP contribution in [0, 0.1) is 5.92 Å². The van der Waals surface area contributed by atoms with Crippen molar-refractivity contribution < 1.29 is 14.7 Å². The summed E-state index contributed by atoms with van der Waals surface area (Å²) in [7, 11) is 0. The van der Waals surface area contributed by atoms with E-state index in [1.54, 1.807) is 17.8 Å². The summed E-state index contributed by atoms with van der Waals surface area (Å²) >= 11 is 1.55. The Bertz CT molecular complexity index is 292. The molecule has 0 radical (unpaired) electrons. The third kappa shape index (κ3) is 6.10. The number of thioether (sulfide) groups is 1. The first-order chi connectivity index (χ1) is 8.43. The third-order valence-corrected chi connectivity index (χ3v) is 3.94. The minimum Gasteiger partial charge on any atom is -0.480 e. The first-order valence-corrected chi connectivity index (χ1v) is 7.24. The SMILES string of the molecule is C=CCCC(NC(=O)C(SCC)C(C)C)C(=O)O. The molecule has 4 nitrogen and oxygen atoms in total. The molecule has 18 heavy (non-hydrogen) atoms. The Kier molecular flexibility index (Phi) is 8.54. The van der Waals surface area contributed by atoms with Crippen molar-refractivity contribution in [3.05, 3.63) is 12.7 Å². The molecule has 0 aromatic heterocycles. The Morgan fingerprint density at radius 3 is 2.44 bits per heavy atom. The maximum absolute atomic E-state index is 12.0. The average Bonchev–Trinajstić information content (AvgIpc) is 2.30. The Morgan fingerprint density at radius 1 is 1.44 bits per heavy atom. The number of hydrogen-bond donors (Lipinski definition) is 2. The van der Waals surface area contributed by atoms with Crippen LogP contribution >= 0.6 is 11.8 Å². The van der Waals surface area contributed by atoms with Gasteiger partial charge in [-0.2, -0.15) is 0 Å². The highest BCUT2D eigenvalue weighted by atomic mass is 32.2. The molecular weight excluding hydrogens is 250 g/mol. The summed E-state index contributed by atoms with van der Waals surface area (Å²) in [5.41, 5.74) is 0. The van der Waals surface area contributed by atoms with Crippen LogP contribution in [0.1, 0.15) is 33.6 Å². The van der Waals surface area contributed by atoms with E-state index < -0.39 is 12.0 Å². The number of nitrogens with one attached hydrogen (secondary N) is 1. The van der Waals surface area contributed by atoms with Gasteiger partial charge < -0.3 is 10.4 Å². The maximum atomic E-state index is 12.0. The minimum absolute atomic E-state index is 0.184. The molecule has 0 aromatic carbocycles. The van der Waals surface area contributed by atoms with Crippen LogP contribution in [0.3, 0.4) is 0 Å². The van der Waals surface area contributed by atoms with Crippen LogP contribution in [0.2, 0.25) is 0 Å². The Morgan fingerprint density at radius 2 is 2.06 bits per heavy atom. The van der Waals surface area contributed by atoms with E-state index in [1.807, 2.05) is 20.8 Å². The molecule has 104 valence electrons. The lowest BCUT2D eigenvalue weighted by Gasteiger charge is -2.22. The molecule has 0 saturated heterocycles. The summed E-state index contributed by atoms with van der Waals surface area (Å²) in [4.78, 5) is 23.1. The number of carbonyl (C=O) groups excluding carboxylic acids is 1. The fourth-order valence-electron chi connectivity index (χ4n) is 1.55. The molecule has 2 atom stereocenters. The van der Waals surface area contributed by atoms with Crippen LogP contribution in [0.25, 0.3) is 0 Å². The lowest BCUT2D eigenvalue weighted by molar-refractivity contribution is -0.142. The predicted molar refractivity (Wildman–Crippen MR) is 75.8 cm³/mol. The first kappa shape index (κ1) is 17.0. The molecule has 2 unspecified atom stereocenters. The van der Waals surface area contributed by atoms with Gasteiger partial charge in [-0.05, 0) is 24.5 Å². The third-order valence-electron chi connectivity index (χ3n) is 2.48. The van der Waals surface area contributed by atoms with Crippen molar-refractivity contribution in [3.8, 4) is 0 Å². The van der Waals surface area contributed by atoms with Crippen molar-refractivity contribution in [3.63, 3.8) is 0 Å². The van der Waals surface area contributed by atoms with Gasteiger partial charge in [-0.15, -0.1) is 18.3 Å². The topological polar surface area (TPSA) is 66.4 Å². The molecule has 0 fully saturated rings. The molecule has 0 rings (SSSR count). The van der Waals surface area contributed by atoms with Gasteiger partial charge in [0.15, 0.2) is 0 Å². The van der Waals surface area contributed by atoms with Crippen LogP contribution in [-0.4, -0.2) is 34.0 Å². The molecule has 0 saturated carbocycles. The second-order valence-corrected chi connectivity index (χ2v) is 5.80. The fraction of sp³-hybridized carbons (Fsp3) is 0.692. The molecule has 1 amide bonds. The highest BCUT2D eigenvalue weighted by molar-refractivity contribution is 8.00. The Balaban J connectivity index is 4.54. The van der Waals surface area contributed by atoms with E-state index in [2.05, 4.69) is 11.9 Å². The number of hydrogen-bond acceptors (Lipinski definition) is 3. The van der Waals surface area contributed by atoms with Crippen LogP contribution in [0.4, 0.5) is 0 Å². The van der Waals surface area contributed by atoms with Gasteiger partial charge in [0.05, 0.1) is 5.25 Å². The van der Waals surface area contributed by atoms with Crippen molar-refractivity contribution >= 4 is 23.6 Å². The molecular formula is C13H23NO3S. The van der Waals surface area contributed by atoms with E-state index in [0.717, 1.165) is 5.75 Å². The minimum atomic E-state index is -0.991. The van der Waals surface area contributed by atoms with Crippen LogP contribution in [0.15, 0.2) is 12.7 Å². The normalized spacial score (nSPS) is 14.0. The van der Waals surface area contributed by atoms with Gasteiger partial charge in [0.25, 0.3) is 0 Å². The second-order valence-electron chi connectivity index (χ2n) is 4.39. The van der Waals surface area contributed by atoms with Crippen molar-refractivity contribution in [1.29, 1.82) is 0 Å². The molecule has 0 aliphatic rings. The largest absolute Gasteiger partial charge is 0.480 e. The van der Waals surface area contributed by atoms with Crippen molar-refractivity contribution in [2.45, 2.75) is 44.9 Å². The maximum Gasteiger partial charge on any atom is 0.326 e. The number of rotatable bonds is 9.